The molecule has 1 atom stereocenters. The summed E-state index contributed by atoms with van der Waals surface area (Å²) in [6, 6.07) is 4.92. The van der Waals surface area contributed by atoms with Crippen molar-refractivity contribution in [3.05, 3.63) is 35.4 Å². The maximum absolute atomic E-state index is 12.0. The summed E-state index contributed by atoms with van der Waals surface area (Å²) in [6.45, 7) is 0. The number of Topliss-reactive ketones (excluding diaryl/α,β-unsaturated/α-hetero) is 1. The number of phenolic OH excluding ortho intramolecular Hbond substituents is 1. The zero-order valence-electron chi connectivity index (χ0n) is 8.06. The lowest BCUT2D eigenvalue weighted by Gasteiger charge is -2.24. The SMILES string of the molecule is O=C1C2=CCCC2Oc2cccc(O)c21. The van der Waals surface area contributed by atoms with Crippen molar-refractivity contribution < 1.29 is 14.6 Å². The highest BCUT2D eigenvalue weighted by Crippen LogP contribution is 2.39. The highest BCUT2D eigenvalue weighted by molar-refractivity contribution is 6.14. The van der Waals surface area contributed by atoms with Crippen molar-refractivity contribution >= 4 is 5.78 Å². The standard InChI is InChI=1S/C12H10O3/c13-8-4-2-6-10-11(8)12(14)7-3-1-5-9(7)15-10/h2-4,6,9,13H,1,5H2. The van der Waals surface area contributed by atoms with E-state index in [1.54, 1.807) is 12.1 Å². The molecule has 1 heterocycles. The first kappa shape index (κ1) is 8.53. The third-order valence-corrected chi connectivity index (χ3v) is 2.90. The molecule has 1 aliphatic carbocycles. The molecule has 1 aromatic rings. The Labute approximate surface area is 87.0 Å². The molecule has 0 amide bonds. The fourth-order valence-corrected chi connectivity index (χ4v) is 2.18. The number of fused-ring (bicyclic) bond motifs is 2. The lowest BCUT2D eigenvalue weighted by molar-refractivity contribution is 0.0962. The third kappa shape index (κ3) is 1.09. The van der Waals surface area contributed by atoms with Gasteiger partial charge in [-0.1, -0.05) is 12.1 Å². The summed E-state index contributed by atoms with van der Waals surface area (Å²) in [5.41, 5.74) is 1.01. The van der Waals surface area contributed by atoms with E-state index in [1.807, 2.05) is 6.08 Å². The molecule has 3 heteroatoms. The molecule has 0 bridgehead atoms. The molecule has 76 valence electrons. The van der Waals surface area contributed by atoms with Crippen LogP contribution in [0.1, 0.15) is 23.2 Å². The van der Waals surface area contributed by atoms with Crippen LogP contribution in [-0.4, -0.2) is 17.0 Å². The Hall–Kier alpha value is -1.77. The van der Waals surface area contributed by atoms with Crippen LogP contribution in [0.3, 0.4) is 0 Å². The van der Waals surface area contributed by atoms with E-state index in [2.05, 4.69) is 0 Å². The zero-order chi connectivity index (χ0) is 10.4. The van der Waals surface area contributed by atoms with Gasteiger partial charge in [-0.05, 0) is 25.0 Å². The number of ketones is 1. The summed E-state index contributed by atoms with van der Waals surface area (Å²) in [5.74, 6) is 0.421. The van der Waals surface area contributed by atoms with Gasteiger partial charge in [-0.2, -0.15) is 0 Å². The van der Waals surface area contributed by atoms with Crippen molar-refractivity contribution in [1.82, 2.24) is 0 Å². The molecule has 1 unspecified atom stereocenters. The first-order chi connectivity index (χ1) is 7.27. The number of rotatable bonds is 0. The van der Waals surface area contributed by atoms with Crippen LogP contribution in [-0.2, 0) is 0 Å². The fraction of sp³-hybridized carbons (Fsp3) is 0.250. The Morgan fingerprint density at radius 3 is 3.13 bits per heavy atom. The van der Waals surface area contributed by atoms with Gasteiger partial charge in [0, 0.05) is 5.57 Å². The lowest BCUT2D eigenvalue weighted by Crippen LogP contribution is -2.27. The number of ether oxygens (including phenoxy) is 1. The summed E-state index contributed by atoms with van der Waals surface area (Å²) < 4.78 is 5.66. The second-order valence-electron chi connectivity index (χ2n) is 3.82. The maximum atomic E-state index is 12.0. The van der Waals surface area contributed by atoms with E-state index in [9.17, 15) is 9.90 Å². The van der Waals surface area contributed by atoms with E-state index in [0.717, 1.165) is 12.8 Å². The Bertz CT molecular complexity index is 474. The van der Waals surface area contributed by atoms with Crippen LogP contribution in [0.4, 0.5) is 0 Å². The average molecular weight is 202 g/mol. The topological polar surface area (TPSA) is 46.5 Å². The molecule has 0 aromatic heterocycles. The molecule has 3 nitrogen and oxygen atoms in total. The molecular formula is C12H10O3. The molecule has 1 aromatic carbocycles. The first-order valence-electron chi connectivity index (χ1n) is 5.01. The number of carbonyl (C=O) groups excluding carboxylic acids is 1. The smallest absolute Gasteiger partial charge is 0.199 e. The quantitative estimate of drug-likeness (QED) is 0.700. The van der Waals surface area contributed by atoms with Crippen LogP contribution < -0.4 is 4.74 Å². The van der Waals surface area contributed by atoms with Gasteiger partial charge in [0.25, 0.3) is 0 Å². The second kappa shape index (κ2) is 2.86. The van der Waals surface area contributed by atoms with Gasteiger partial charge in [0.1, 0.15) is 23.2 Å². The van der Waals surface area contributed by atoms with Crippen molar-refractivity contribution in [2.45, 2.75) is 18.9 Å². The lowest BCUT2D eigenvalue weighted by atomic mass is 9.96. The van der Waals surface area contributed by atoms with Crippen molar-refractivity contribution in [2.24, 2.45) is 0 Å². The number of benzene rings is 1. The summed E-state index contributed by atoms with van der Waals surface area (Å²) in [7, 11) is 0. The molecule has 1 aliphatic heterocycles. The normalized spacial score (nSPS) is 22.8. The van der Waals surface area contributed by atoms with Gasteiger partial charge in [-0.3, -0.25) is 4.79 Å². The molecule has 2 aliphatic rings. The highest BCUT2D eigenvalue weighted by Gasteiger charge is 2.35. The molecule has 0 fully saturated rings. The van der Waals surface area contributed by atoms with Gasteiger partial charge in [0.2, 0.25) is 0 Å². The third-order valence-electron chi connectivity index (χ3n) is 2.90. The number of carbonyl (C=O) groups is 1. The van der Waals surface area contributed by atoms with Crippen LogP contribution in [0.15, 0.2) is 29.8 Å². The van der Waals surface area contributed by atoms with Crippen LogP contribution in [0.5, 0.6) is 11.5 Å². The molecular weight excluding hydrogens is 192 g/mol. The van der Waals surface area contributed by atoms with E-state index >= 15 is 0 Å². The van der Waals surface area contributed by atoms with Gasteiger partial charge >= 0.3 is 0 Å². The van der Waals surface area contributed by atoms with Gasteiger partial charge < -0.3 is 9.84 Å². The largest absolute Gasteiger partial charge is 0.507 e. The maximum Gasteiger partial charge on any atom is 0.199 e. The number of allylic oxidation sites excluding steroid dienone is 1. The first-order valence-corrected chi connectivity index (χ1v) is 5.01. The summed E-state index contributed by atoms with van der Waals surface area (Å²) in [6.07, 6.45) is 3.53. The van der Waals surface area contributed by atoms with Crippen molar-refractivity contribution in [1.29, 1.82) is 0 Å². The van der Waals surface area contributed by atoms with E-state index in [4.69, 9.17) is 4.74 Å². The van der Waals surface area contributed by atoms with Gasteiger partial charge in [-0.15, -0.1) is 0 Å². The molecule has 0 saturated carbocycles. The zero-order valence-corrected chi connectivity index (χ0v) is 8.06. The van der Waals surface area contributed by atoms with Gasteiger partial charge in [0.05, 0.1) is 0 Å². The predicted octanol–water partition coefficient (Wildman–Crippen LogP) is 2.06. The summed E-state index contributed by atoms with van der Waals surface area (Å²) >= 11 is 0. The monoisotopic (exact) mass is 202 g/mol. The molecule has 3 rings (SSSR count). The van der Waals surface area contributed by atoms with Crippen LogP contribution in [0, 0.1) is 0 Å². The van der Waals surface area contributed by atoms with Crippen molar-refractivity contribution in [3.8, 4) is 11.5 Å². The van der Waals surface area contributed by atoms with E-state index in [-0.39, 0.29) is 17.6 Å². The van der Waals surface area contributed by atoms with Crippen molar-refractivity contribution in [3.63, 3.8) is 0 Å². The Balaban J connectivity index is 2.20. The molecule has 0 saturated heterocycles. The van der Waals surface area contributed by atoms with Gasteiger partial charge in [-0.25, -0.2) is 0 Å². The van der Waals surface area contributed by atoms with Crippen LogP contribution in [0.25, 0.3) is 0 Å². The predicted molar refractivity (Wildman–Crippen MR) is 54.2 cm³/mol. The van der Waals surface area contributed by atoms with E-state index in [0.29, 0.717) is 16.9 Å². The van der Waals surface area contributed by atoms with E-state index < -0.39 is 0 Å². The average Bonchev–Trinajstić information content (AvgIpc) is 2.66. The molecule has 0 spiro atoms. The Morgan fingerprint density at radius 1 is 1.40 bits per heavy atom. The van der Waals surface area contributed by atoms with Crippen LogP contribution >= 0.6 is 0 Å². The Morgan fingerprint density at radius 2 is 2.27 bits per heavy atom. The number of hydrogen-bond donors (Lipinski definition) is 1. The molecule has 1 N–H and O–H groups in total. The summed E-state index contributed by atoms with van der Waals surface area (Å²) in [4.78, 5) is 12.0. The Kier molecular flexibility index (Phi) is 1.63. The number of aromatic hydroxyl groups is 1. The summed E-state index contributed by atoms with van der Waals surface area (Å²) in [5, 5.41) is 9.62. The second-order valence-corrected chi connectivity index (χ2v) is 3.82. The fourth-order valence-electron chi connectivity index (χ4n) is 2.18. The number of phenols is 1. The van der Waals surface area contributed by atoms with Crippen LogP contribution in [0.2, 0.25) is 0 Å². The highest BCUT2D eigenvalue weighted by atomic mass is 16.5. The molecule has 15 heavy (non-hydrogen) atoms. The molecule has 0 radical (unpaired) electrons. The minimum Gasteiger partial charge on any atom is -0.507 e. The van der Waals surface area contributed by atoms with E-state index in [1.165, 1.54) is 6.07 Å². The minimum absolute atomic E-state index is 0.00347. The minimum atomic E-state index is -0.105. The van der Waals surface area contributed by atoms with Gasteiger partial charge in [0.15, 0.2) is 5.78 Å². The van der Waals surface area contributed by atoms with Crippen molar-refractivity contribution in [2.75, 3.05) is 0 Å². The number of hydrogen-bond acceptors (Lipinski definition) is 3.